The van der Waals surface area contributed by atoms with Crippen molar-refractivity contribution in [2.75, 3.05) is 0 Å². The van der Waals surface area contributed by atoms with Crippen molar-refractivity contribution >= 4 is 5.91 Å². The molecule has 3 nitrogen and oxygen atoms in total. The Hall–Kier alpha value is -2.16. The van der Waals surface area contributed by atoms with Crippen LogP contribution in [-0.4, -0.2) is 10.9 Å². The molecule has 2 rings (SSSR count). The maximum atomic E-state index is 12.1. The molecule has 1 N–H and O–H groups in total. The van der Waals surface area contributed by atoms with Gasteiger partial charge in [-0.1, -0.05) is 29.8 Å². The van der Waals surface area contributed by atoms with Crippen LogP contribution in [0.1, 0.15) is 32.7 Å². The number of carbonyl (C=O) groups excluding carboxylic acids is 1. The SMILES string of the molecule is Cc1cccc(CNC(=O)c2ccnc(C)c2C)c1. The summed E-state index contributed by atoms with van der Waals surface area (Å²) in [4.78, 5) is 16.3. The minimum Gasteiger partial charge on any atom is -0.348 e. The topological polar surface area (TPSA) is 42.0 Å². The minimum atomic E-state index is -0.0514. The maximum absolute atomic E-state index is 12.1. The lowest BCUT2D eigenvalue weighted by Gasteiger charge is -2.09. The van der Waals surface area contributed by atoms with Crippen LogP contribution in [0.4, 0.5) is 0 Å². The number of hydrogen-bond donors (Lipinski definition) is 1. The fraction of sp³-hybridized carbons (Fsp3) is 0.250. The monoisotopic (exact) mass is 254 g/mol. The first-order valence-corrected chi connectivity index (χ1v) is 6.34. The number of hydrogen-bond acceptors (Lipinski definition) is 2. The average molecular weight is 254 g/mol. The molecule has 0 unspecified atom stereocenters. The van der Waals surface area contributed by atoms with Gasteiger partial charge in [0.2, 0.25) is 0 Å². The van der Waals surface area contributed by atoms with Gasteiger partial charge in [0.05, 0.1) is 0 Å². The highest BCUT2D eigenvalue weighted by Crippen LogP contribution is 2.10. The minimum absolute atomic E-state index is 0.0514. The number of rotatable bonds is 3. The largest absolute Gasteiger partial charge is 0.348 e. The van der Waals surface area contributed by atoms with Crippen LogP contribution >= 0.6 is 0 Å². The van der Waals surface area contributed by atoms with Gasteiger partial charge in [-0.05, 0) is 38.0 Å². The second-order valence-electron chi connectivity index (χ2n) is 4.74. The van der Waals surface area contributed by atoms with Crippen LogP contribution in [-0.2, 0) is 6.54 Å². The van der Waals surface area contributed by atoms with Crippen molar-refractivity contribution in [1.29, 1.82) is 0 Å². The van der Waals surface area contributed by atoms with Gasteiger partial charge in [0.25, 0.3) is 5.91 Å². The van der Waals surface area contributed by atoms with E-state index in [2.05, 4.69) is 16.4 Å². The lowest BCUT2D eigenvalue weighted by atomic mass is 10.1. The third-order valence-corrected chi connectivity index (χ3v) is 3.24. The number of benzene rings is 1. The first-order valence-electron chi connectivity index (χ1n) is 6.34. The number of amides is 1. The highest BCUT2D eigenvalue weighted by molar-refractivity contribution is 5.95. The molecule has 0 fully saturated rings. The van der Waals surface area contributed by atoms with Crippen LogP contribution < -0.4 is 5.32 Å². The molecule has 0 bridgehead atoms. The van der Waals surface area contributed by atoms with E-state index >= 15 is 0 Å². The van der Waals surface area contributed by atoms with Crippen LogP contribution in [0.3, 0.4) is 0 Å². The van der Waals surface area contributed by atoms with E-state index in [9.17, 15) is 4.79 Å². The predicted molar refractivity (Wildman–Crippen MR) is 76.1 cm³/mol. The second kappa shape index (κ2) is 5.65. The normalized spacial score (nSPS) is 10.3. The molecule has 0 radical (unpaired) electrons. The van der Waals surface area contributed by atoms with Crippen LogP contribution in [0.5, 0.6) is 0 Å². The van der Waals surface area contributed by atoms with Gasteiger partial charge in [-0.25, -0.2) is 0 Å². The summed E-state index contributed by atoms with van der Waals surface area (Å²) in [6.45, 7) is 6.42. The summed E-state index contributed by atoms with van der Waals surface area (Å²) in [7, 11) is 0. The van der Waals surface area contributed by atoms with Gasteiger partial charge < -0.3 is 5.32 Å². The zero-order valence-electron chi connectivity index (χ0n) is 11.5. The molecule has 2 aromatic rings. The van der Waals surface area contributed by atoms with E-state index in [1.807, 2.05) is 39.0 Å². The molecule has 0 atom stereocenters. The summed E-state index contributed by atoms with van der Waals surface area (Å²) in [5.74, 6) is -0.0514. The number of aryl methyl sites for hydroxylation is 2. The number of pyridine rings is 1. The maximum Gasteiger partial charge on any atom is 0.251 e. The van der Waals surface area contributed by atoms with Crippen LogP contribution in [0.15, 0.2) is 36.5 Å². The van der Waals surface area contributed by atoms with Gasteiger partial charge >= 0.3 is 0 Å². The molecule has 1 aromatic heterocycles. The first kappa shape index (κ1) is 13.3. The smallest absolute Gasteiger partial charge is 0.251 e. The second-order valence-corrected chi connectivity index (χ2v) is 4.74. The summed E-state index contributed by atoms with van der Waals surface area (Å²) in [5.41, 5.74) is 4.83. The van der Waals surface area contributed by atoms with Crippen LogP contribution in [0, 0.1) is 20.8 Å². The van der Waals surface area contributed by atoms with Crippen molar-refractivity contribution in [3.63, 3.8) is 0 Å². The Kier molecular flexibility index (Phi) is 3.95. The van der Waals surface area contributed by atoms with E-state index in [-0.39, 0.29) is 5.91 Å². The Morgan fingerprint density at radius 1 is 1.21 bits per heavy atom. The third kappa shape index (κ3) is 3.19. The molecule has 0 aliphatic carbocycles. The fourth-order valence-corrected chi connectivity index (χ4v) is 1.99. The Balaban J connectivity index is 2.08. The summed E-state index contributed by atoms with van der Waals surface area (Å²) in [6, 6.07) is 9.89. The molecule has 0 aliphatic rings. The summed E-state index contributed by atoms with van der Waals surface area (Å²) in [5, 5.41) is 2.94. The number of nitrogens with zero attached hydrogens (tertiary/aromatic N) is 1. The molecule has 0 saturated heterocycles. The van der Waals surface area contributed by atoms with Gasteiger partial charge in [-0.3, -0.25) is 9.78 Å². The quantitative estimate of drug-likeness (QED) is 0.915. The zero-order valence-corrected chi connectivity index (χ0v) is 11.5. The lowest BCUT2D eigenvalue weighted by Crippen LogP contribution is -2.24. The Labute approximate surface area is 113 Å². The van der Waals surface area contributed by atoms with Gasteiger partial charge in [-0.15, -0.1) is 0 Å². The Morgan fingerprint density at radius 2 is 2.00 bits per heavy atom. The van der Waals surface area contributed by atoms with E-state index in [1.54, 1.807) is 12.3 Å². The molecular weight excluding hydrogens is 236 g/mol. The molecule has 1 heterocycles. The average Bonchev–Trinajstić information content (AvgIpc) is 2.39. The lowest BCUT2D eigenvalue weighted by molar-refractivity contribution is 0.0950. The van der Waals surface area contributed by atoms with Crippen molar-refractivity contribution in [2.45, 2.75) is 27.3 Å². The van der Waals surface area contributed by atoms with Crippen molar-refractivity contribution < 1.29 is 4.79 Å². The standard InChI is InChI=1S/C16H18N2O/c1-11-5-4-6-14(9-11)10-18-16(19)15-7-8-17-13(3)12(15)2/h4-9H,10H2,1-3H3,(H,18,19). The van der Waals surface area contributed by atoms with E-state index in [1.165, 1.54) is 5.56 Å². The fourth-order valence-electron chi connectivity index (χ4n) is 1.99. The van der Waals surface area contributed by atoms with Gasteiger partial charge in [0.15, 0.2) is 0 Å². The van der Waals surface area contributed by atoms with E-state index in [4.69, 9.17) is 0 Å². The predicted octanol–water partition coefficient (Wildman–Crippen LogP) is 2.94. The van der Waals surface area contributed by atoms with Gasteiger partial charge in [-0.2, -0.15) is 0 Å². The third-order valence-electron chi connectivity index (χ3n) is 3.24. The van der Waals surface area contributed by atoms with E-state index < -0.39 is 0 Å². The Bertz CT molecular complexity index is 605. The highest BCUT2D eigenvalue weighted by atomic mass is 16.1. The molecule has 3 heteroatoms. The molecule has 19 heavy (non-hydrogen) atoms. The molecule has 1 aromatic carbocycles. The molecule has 98 valence electrons. The van der Waals surface area contributed by atoms with E-state index in [0.29, 0.717) is 12.1 Å². The van der Waals surface area contributed by atoms with Gasteiger partial charge in [0.1, 0.15) is 0 Å². The Morgan fingerprint density at radius 3 is 2.74 bits per heavy atom. The zero-order chi connectivity index (χ0) is 13.8. The number of carbonyl (C=O) groups is 1. The number of nitrogens with one attached hydrogen (secondary N) is 1. The summed E-state index contributed by atoms with van der Waals surface area (Å²) >= 11 is 0. The highest BCUT2D eigenvalue weighted by Gasteiger charge is 2.10. The van der Waals surface area contributed by atoms with Crippen molar-refractivity contribution in [1.82, 2.24) is 10.3 Å². The molecule has 0 saturated carbocycles. The summed E-state index contributed by atoms with van der Waals surface area (Å²) in [6.07, 6.45) is 1.67. The van der Waals surface area contributed by atoms with E-state index in [0.717, 1.165) is 16.8 Å². The van der Waals surface area contributed by atoms with Crippen molar-refractivity contribution in [3.8, 4) is 0 Å². The summed E-state index contributed by atoms with van der Waals surface area (Å²) < 4.78 is 0. The first-order chi connectivity index (χ1) is 9.08. The molecule has 0 spiro atoms. The molecule has 0 aliphatic heterocycles. The van der Waals surface area contributed by atoms with Crippen molar-refractivity contribution in [2.24, 2.45) is 0 Å². The van der Waals surface area contributed by atoms with Crippen LogP contribution in [0.2, 0.25) is 0 Å². The number of aromatic nitrogens is 1. The molecule has 1 amide bonds. The van der Waals surface area contributed by atoms with Crippen LogP contribution in [0.25, 0.3) is 0 Å². The van der Waals surface area contributed by atoms with Gasteiger partial charge in [0, 0.05) is 24.0 Å². The molecular formula is C16H18N2O. The van der Waals surface area contributed by atoms with Crippen molar-refractivity contribution in [3.05, 3.63) is 64.5 Å².